The van der Waals surface area contributed by atoms with Gasteiger partial charge in [-0.25, -0.2) is 19.5 Å². The fourth-order valence-corrected chi connectivity index (χ4v) is 2.24. The first kappa shape index (κ1) is 18.9. The lowest BCUT2D eigenvalue weighted by Gasteiger charge is -2.40. The summed E-state index contributed by atoms with van der Waals surface area (Å²) in [4.78, 5) is 15.3. The predicted octanol–water partition coefficient (Wildman–Crippen LogP) is 3.17. The molecule has 1 aliphatic heterocycles. The number of hydrogen-bond acceptors (Lipinski definition) is 5. The number of carbonyl (C=O) groups excluding carboxylic acids is 1. The van der Waals surface area contributed by atoms with E-state index >= 15 is 0 Å². The molecule has 1 amide bonds. The summed E-state index contributed by atoms with van der Waals surface area (Å²) in [5.74, 6) is -4.43. The van der Waals surface area contributed by atoms with Gasteiger partial charge < -0.3 is 15.2 Å². The van der Waals surface area contributed by atoms with E-state index in [1.54, 1.807) is 20.8 Å². The monoisotopic (exact) mass is 359 g/mol. The third-order valence-electron chi connectivity index (χ3n) is 3.53. The van der Waals surface area contributed by atoms with Crippen LogP contribution >= 0.6 is 0 Å². The Hall–Kier alpha value is -2.45. The molecular formula is C16H20F3N3O3. The molecule has 2 rings (SSSR count). The van der Waals surface area contributed by atoms with Crippen LogP contribution < -0.4 is 11.1 Å². The number of aliphatic imine (C=N–C) groups is 1. The van der Waals surface area contributed by atoms with E-state index in [1.807, 2.05) is 0 Å². The van der Waals surface area contributed by atoms with Crippen molar-refractivity contribution in [3.63, 3.8) is 0 Å². The highest BCUT2D eigenvalue weighted by Gasteiger charge is 2.58. The van der Waals surface area contributed by atoms with Gasteiger partial charge in [0.15, 0.2) is 0 Å². The first-order valence-electron chi connectivity index (χ1n) is 7.51. The first-order chi connectivity index (χ1) is 11.3. The lowest BCUT2D eigenvalue weighted by atomic mass is 9.87. The molecule has 0 saturated heterocycles. The Kier molecular flexibility index (Phi) is 4.63. The smallest absolute Gasteiger partial charge is 0.415 e. The Bertz CT molecular complexity index is 716. The number of alkyl halides is 2. The van der Waals surface area contributed by atoms with Crippen LogP contribution in [-0.4, -0.2) is 30.2 Å². The van der Waals surface area contributed by atoms with Crippen LogP contribution in [0.25, 0.3) is 0 Å². The van der Waals surface area contributed by atoms with Gasteiger partial charge in [-0.2, -0.15) is 8.78 Å². The van der Waals surface area contributed by atoms with Crippen LogP contribution in [0.3, 0.4) is 0 Å². The summed E-state index contributed by atoms with van der Waals surface area (Å²) < 4.78 is 53.2. The summed E-state index contributed by atoms with van der Waals surface area (Å²) in [5, 5.41) is 2.15. The van der Waals surface area contributed by atoms with Gasteiger partial charge in [-0.1, -0.05) is 0 Å². The molecular weight excluding hydrogens is 339 g/mol. The molecule has 25 heavy (non-hydrogen) atoms. The Morgan fingerprint density at radius 1 is 1.40 bits per heavy atom. The van der Waals surface area contributed by atoms with E-state index in [0.29, 0.717) is 0 Å². The molecule has 6 nitrogen and oxygen atoms in total. The lowest BCUT2D eigenvalue weighted by molar-refractivity contribution is -0.174. The Morgan fingerprint density at radius 2 is 2.04 bits per heavy atom. The molecule has 0 radical (unpaired) electrons. The number of halogens is 3. The Labute approximate surface area is 143 Å². The molecule has 1 aromatic carbocycles. The third-order valence-corrected chi connectivity index (χ3v) is 3.53. The highest BCUT2D eigenvalue weighted by Crippen LogP contribution is 2.44. The second kappa shape index (κ2) is 6.12. The SMILES string of the molecule is CC(C)(C)OC(=O)NC1=NCC(F)(F)[C@@](C)(c2cc(N)ccc2F)O1. The van der Waals surface area contributed by atoms with E-state index < -0.39 is 47.2 Å². The number of benzene rings is 1. The number of rotatable bonds is 1. The van der Waals surface area contributed by atoms with Gasteiger partial charge in [0.1, 0.15) is 18.0 Å². The molecule has 0 aliphatic carbocycles. The number of carbonyl (C=O) groups is 1. The zero-order chi connectivity index (χ0) is 19.0. The predicted molar refractivity (Wildman–Crippen MR) is 85.9 cm³/mol. The summed E-state index contributed by atoms with van der Waals surface area (Å²) in [6.45, 7) is 4.92. The molecule has 138 valence electrons. The highest BCUT2D eigenvalue weighted by atomic mass is 19.3. The molecule has 0 aromatic heterocycles. The van der Waals surface area contributed by atoms with E-state index in [2.05, 4.69) is 10.3 Å². The average molecular weight is 359 g/mol. The van der Waals surface area contributed by atoms with Crippen LogP contribution in [-0.2, 0) is 15.1 Å². The zero-order valence-electron chi connectivity index (χ0n) is 14.3. The van der Waals surface area contributed by atoms with E-state index in [0.717, 1.165) is 19.1 Å². The lowest BCUT2D eigenvalue weighted by Crippen LogP contribution is -2.55. The van der Waals surface area contributed by atoms with Crippen molar-refractivity contribution < 1.29 is 27.4 Å². The molecule has 0 saturated carbocycles. The maximum absolute atomic E-state index is 14.4. The van der Waals surface area contributed by atoms with Crippen LogP contribution in [0.4, 0.5) is 23.7 Å². The Morgan fingerprint density at radius 3 is 2.64 bits per heavy atom. The molecule has 0 fully saturated rings. The topological polar surface area (TPSA) is 85.9 Å². The maximum atomic E-state index is 14.4. The molecule has 1 aliphatic rings. The van der Waals surface area contributed by atoms with Gasteiger partial charge in [-0.05, 0) is 45.9 Å². The maximum Gasteiger partial charge on any atom is 0.415 e. The minimum Gasteiger partial charge on any atom is -0.447 e. The highest BCUT2D eigenvalue weighted by molar-refractivity contribution is 5.91. The van der Waals surface area contributed by atoms with Crippen molar-refractivity contribution in [2.45, 2.75) is 44.8 Å². The van der Waals surface area contributed by atoms with E-state index in [4.69, 9.17) is 15.2 Å². The number of nitrogen functional groups attached to an aromatic ring is 1. The van der Waals surface area contributed by atoms with E-state index in [-0.39, 0.29) is 5.69 Å². The van der Waals surface area contributed by atoms with Crippen LogP contribution in [0.15, 0.2) is 23.2 Å². The largest absolute Gasteiger partial charge is 0.447 e. The zero-order valence-corrected chi connectivity index (χ0v) is 14.3. The molecule has 9 heteroatoms. The normalized spacial score (nSPS) is 22.6. The quantitative estimate of drug-likeness (QED) is 0.754. The Balaban J connectivity index is 2.32. The second-order valence-corrected chi connectivity index (χ2v) is 6.83. The van der Waals surface area contributed by atoms with Gasteiger partial charge in [-0.15, -0.1) is 0 Å². The van der Waals surface area contributed by atoms with Gasteiger partial charge >= 0.3 is 12.0 Å². The second-order valence-electron chi connectivity index (χ2n) is 6.83. The first-order valence-corrected chi connectivity index (χ1v) is 7.51. The molecule has 1 aromatic rings. The van der Waals surface area contributed by atoms with Gasteiger partial charge in [0.25, 0.3) is 6.02 Å². The third kappa shape index (κ3) is 3.97. The van der Waals surface area contributed by atoms with Crippen LogP contribution in [0.5, 0.6) is 0 Å². The number of nitrogens with zero attached hydrogens (tertiary/aromatic N) is 1. The van der Waals surface area contributed by atoms with Crippen molar-refractivity contribution in [1.29, 1.82) is 0 Å². The van der Waals surface area contributed by atoms with E-state index in [9.17, 15) is 18.0 Å². The molecule has 1 heterocycles. The van der Waals surface area contributed by atoms with Gasteiger partial charge in [-0.3, -0.25) is 0 Å². The minimum absolute atomic E-state index is 0.0983. The number of alkyl carbamates (subject to hydrolysis) is 1. The fraction of sp³-hybridized carbons (Fsp3) is 0.500. The van der Waals surface area contributed by atoms with E-state index in [1.165, 1.54) is 6.07 Å². The summed E-state index contributed by atoms with van der Waals surface area (Å²) in [5.41, 5.74) is 2.04. The number of amidine groups is 1. The number of amides is 1. The average Bonchev–Trinajstić information content (AvgIpc) is 2.44. The van der Waals surface area contributed by atoms with Crippen molar-refractivity contribution in [3.8, 4) is 0 Å². The minimum atomic E-state index is -3.53. The fourth-order valence-electron chi connectivity index (χ4n) is 2.24. The van der Waals surface area contributed by atoms with Crippen LogP contribution in [0.2, 0.25) is 0 Å². The van der Waals surface area contributed by atoms with Crippen molar-refractivity contribution in [1.82, 2.24) is 5.32 Å². The van der Waals surface area contributed by atoms with Crippen molar-refractivity contribution in [2.75, 3.05) is 12.3 Å². The number of hydrogen-bond donors (Lipinski definition) is 2. The number of anilines is 1. The molecule has 0 unspecified atom stereocenters. The number of ether oxygens (including phenoxy) is 2. The van der Waals surface area contributed by atoms with Crippen molar-refractivity contribution in [3.05, 3.63) is 29.6 Å². The van der Waals surface area contributed by atoms with Gasteiger partial charge in [0.05, 0.1) is 0 Å². The summed E-state index contributed by atoms with van der Waals surface area (Å²) >= 11 is 0. The molecule has 0 bridgehead atoms. The van der Waals surface area contributed by atoms with Crippen LogP contribution in [0.1, 0.15) is 33.3 Å². The summed E-state index contributed by atoms with van der Waals surface area (Å²) in [6.07, 6.45) is -0.924. The molecule has 3 N–H and O–H groups in total. The molecule has 0 spiro atoms. The summed E-state index contributed by atoms with van der Waals surface area (Å²) in [7, 11) is 0. The van der Waals surface area contributed by atoms with Crippen LogP contribution in [0, 0.1) is 5.82 Å². The standard InChI is InChI=1S/C16H20F3N3O3/c1-14(2,3)25-13(23)22-12-21-8-16(18,19)15(4,24-12)10-7-9(20)5-6-11(10)17/h5-7H,8,20H2,1-4H3,(H,21,22,23)/t15-/m1/s1. The summed E-state index contributed by atoms with van der Waals surface area (Å²) in [6, 6.07) is 2.81. The number of nitrogens with two attached hydrogens (primary N) is 1. The van der Waals surface area contributed by atoms with Gasteiger partial charge in [0, 0.05) is 11.3 Å². The van der Waals surface area contributed by atoms with Gasteiger partial charge in [0.2, 0.25) is 5.60 Å². The van der Waals surface area contributed by atoms with Crippen molar-refractivity contribution in [2.24, 2.45) is 4.99 Å². The van der Waals surface area contributed by atoms with Crippen molar-refractivity contribution >= 4 is 17.8 Å². The molecule has 1 atom stereocenters. The number of nitrogens with one attached hydrogen (secondary N) is 1.